The van der Waals surface area contributed by atoms with Crippen LogP contribution in [0.3, 0.4) is 0 Å². The minimum atomic E-state index is -1.02. The van der Waals surface area contributed by atoms with Gasteiger partial charge in [-0.15, -0.1) is 6.58 Å². The predicted molar refractivity (Wildman–Crippen MR) is 47.6 cm³/mol. The van der Waals surface area contributed by atoms with E-state index in [1.807, 2.05) is 0 Å². The monoisotopic (exact) mass is 183 g/mol. The Morgan fingerprint density at radius 1 is 1.62 bits per heavy atom. The fourth-order valence-corrected chi connectivity index (χ4v) is 1.31. The molecule has 0 aromatic rings. The molecule has 0 bridgehead atoms. The molecule has 0 spiro atoms. The van der Waals surface area contributed by atoms with Gasteiger partial charge in [0.15, 0.2) is 0 Å². The number of hydrogen-bond acceptors (Lipinski definition) is 2. The molecule has 0 atom stereocenters. The van der Waals surface area contributed by atoms with Gasteiger partial charge in [0, 0.05) is 6.54 Å². The zero-order valence-corrected chi connectivity index (χ0v) is 7.40. The van der Waals surface area contributed by atoms with E-state index < -0.39 is 11.6 Å². The molecular formula is C9H13NO3. The summed E-state index contributed by atoms with van der Waals surface area (Å²) in [4.78, 5) is 22.7. The number of amides is 1. The first-order valence-corrected chi connectivity index (χ1v) is 4.24. The molecule has 1 aliphatic carbocycles. The van der Waals surface area contributed by atoms with Gasteiger partial charge in [-0.3, -0.25) is 4.90 Å². The van der Waals surface area contributed by atoms with Crippen LogP contribution in [0.25, 0.3) is 0 Å². The molecule has 13 heavy (non-hydrogen) atoms. The summed E-state index contributed by atoms with van der Waals surface area (Å²) in [5.74, 6) is 0. The zero-order chi connectivity index (χ0) is 9.90. The van der Waals surface area contributed by atoms with Gasteiger partial charge in [-0.2, -0.15) is 0 Å². The Kier molecular flexibility index (Phi) is 2.70. The number of carboxylic acid groups (broad SMARTS) is 1. The van der Waals surface area contributed by atoms with Crippen LogP contribution in [0.15, 0.2) is 12.7 Å². The standard InChI is InChI=1S/C9H13NO3/c1-2-3-6-10(8(12)13)9(7-11)4-5-9/h2,7H,1,3-6H2,(H,12,13). The molecule has 0 aromatic heterocycles. The van der Waals surface area contributed by atoms with Crippen LogP contribution < -0.4 is 0 Å². The number of nitrogens with zero attached hydrogens (tertiary/aromatic N) is 1. The number of aldehydes is 1. The molecule has 0 radical (unpaired) electrons. The van der Waals surface area contributed by atoms with E-state index in [4.69, 9.17) is 5.11 Å². The van der Waals surface area contributed by atoms with Crippen LogP contribution in [-0.4, -0.2) is 34.5 Å². The van der Waals surface area contributed by atoms with Gasteiger partial charge in [0.25, 0.3) is 0 Å². The molecule has 4 nitrogen and oxygen atoms in total. The summed E-state index contributed by atoms with van der Waals surface area (Å²) in [6, 6.07) is 0. The summed E-state index contributed by atoms with van der Waals surface area (Å²) < 4.78 is 0. The lowest BCUT2D eigenvalue weighted by atomic mass is 10.2. The van der Waals surface area contributed by atoms with Gasteiger partial charge in [0.2, 0.25) is 0 Å². The number of carbonyl (C=O) groups excluding carboxylic acids is 1. The van der Waals surface area contributed by atoms with Crippen molar-refractivity contribution in [2.45, 2.75) is 24.8 Å². The van der Waals surface area contributed by atoms with Crippen molar-refractivity contribution in [3.63, 3.8) is 0 Å². The first kappa shape index (κ1) is 9.77. The topological polar surface area (TPSA) is 57.6 Å². The molecule has 0 aromatic carbocycles. The zero-order valence-electron chi connectivity index (χ0n) is 7.40. The lowest BCUT2D eigenvalue weighted by molar-refractivity contribution is -0.113. The second kappa shape index (κ2) is 3.60. The highest BCUT2D eigenvalue weighted by atomic mass is 16.4. The first-order valence-electron chi connectivity index (χ1n) is 4.24. The molecule has 0 heterocycles. The third-order valence-electron chi connectivity index (χ3n) is 2.31. The van der Waals surface area contributed by atoms with Crippen LogP contribution in [0.1, 0.15) is 19.3 Å². The van der Waals surface area contributed by atoms with E-state index in [0.29, 0.717) is 25.8 Å². The van der Waals surface area contributed by atoms with Crippen molar-refractivity contribution in [1.29, 1.82) is 0 Å². The van der Waals surface area contributed by atoms with Crippen LogP contribution in [0.2, 0.25) is 0 Å². The number of hydrogen-bond donors (Lipinski definition) is 1. The van der Waals surface area contributed by atoms with Gasteiger partial charge < -0.3 is 9.90 Å². The maximum Gasteiger partial charge on any atom is 0.408 e. The third kappa shape index (κ3) is 1.88. The van der Waals surface area contributed by atoms with Crippen molar-refractivity contribution in [3.8, 4) is 0 Å². The van der Waals surface area contributed by atoms with Crippen molar-refractivity contribution in [2.75, 3.05) is 6.54 Å². The van der Waals surface area contributed by atoms with E-state index in [1.54, 1.807) is 6.08 Å². The highest BCUT2D eigenvalue weighted by molar-refractivity contribution is 5.78. The first-order chi connectivity index (χ1) is 6.16. The second-order valence-corrected chi connectivity index (χ2v) is 3.23. The maximum atomic E-state index is 10.8. The highest BCUT2D eigenvalue weighted by Gasteiger charge is 2.50. The molecule has 1 rings (SSSR count). The van der Waals surface area contributed by atoms with Crippen molar-refractivity contribution >= 4 is 12.4 Å². The van der Waals surface area contributed by atoms with Crippen LogP contribution in [0.4, 0.5) is 4.79 Å². The molecule has 1 N–H and O–H groups in total. The minimum absolute atomic E-state index is 0.359. The van der Waals surface area contributed by atoms with E-state index in [1.165, 1.54) is 4.90 Å². The normalized spacial score (nSPS) is 17.5. The summed E-state index contributed by atoms with van der Waals surface area (Å²) in [5.41, 5.74) is -0.713. The largest absolute Gasteiger partial charge is 0.465 e. The quantitative estimate of drug-likeness (QED) is 0.516. The molecule has 0 aliphatic heterocycles. The summed E-state index contributed by atoms with van der Waals surface area (Å²) in [6.45, 7) is 3.87. The molecule has 0 saturated heterocycles. The molecular weight excluding hydrogens is 170 g/mol. The van der Waals surface area contributed by atoms with Gasteiger partial charge in [-0.05, 0) is 19.3 Å². The van der Waals surface area contributed by atoms with Crippen molar-refractivity contribution in [3.05, 3.63) is 12.7 Å². The van der Waals surface area contributed by atoms with Gasteiger partial charge in [-0.1, -0.05) is 6.08 Å². The van der Waals surface area contributed by atoms with Crippen LogP contribution in [0.5, 0.6) is 0 Å². The minimum Gasteiger partial charge on any atom is -0.465 e. The van der Waals surface area contributed by atoms with Gasteiger partial charge in [0.05, 0.1) is 0 Å². The average molecular weight is 183 g/mol. The highest BCUT2D eigenvalue weighted by Crippen LogP contribution is 2.39. The Balaban J connectivity index is 2.62. The lowest BCUT2D eigenvalue weighted by Crippen LogP contribution is -2.42. The molecule has 4 heteroatoms. The number of rotatable bonds is 5. The smallest absolute Gasteiger partial charge is 0.408 e. The van der Waals surface area contributed by atoms with E-state index in [9.17, 15) is 9.59 Å². The van der Waals surface area contributed by atoms with Crippen LogP contribution in [-0.2, 0) is 4.79 Å². The summed E-state index contributed by atoms with van der Waals surface area (Å²) in [5, 5.41) is 8.84. The molecule has 1 fully saturated rings. The third-order valence-corrected chi connectivity index (χ3v) is 2.31. The fourth-order valence-electron chi connectivity index (χ4n) is 1.31. The molecule has 1 saturated carbocycles. The van der Waals surface area contributed by atoms with Crippen molar-refractivity contribution < 1.29 is 14.7 Å². The predicted octanol–water partition coefficient (Wildman–Crippen LogP) is 1.27. The fraction of sp³-hybridized carbons (Fsp3) is 0.556. The van der Waals surface area contributed by atoms with E-state index in [0.717, 1.165) is 6.29 Å². The SMILES string of the molecule is C=CCCN(C(=O)O)C1(C=O)CC1. The van der Waals surface area contributed by atoms with Crippen molar-refractivity contribution in [1.82, 2.24) is 4.90 Å². The maximum absolute atomic E-state index is 10.8. The van der Waals surface area contributed by atoms with Gasteiger partial charge >= 0.3 is 6.09 Å². The Labute approximate surface area is 76.8 Å². The molecule has 1 amide bonds. The van der Waals surface area contributed by atoms with Crippen molar-refractivity contribution in [2.24, 2.45) is 0 Å². The Morgan fingerprint density at radius 2 is 2.23 bits per heavy atom. The van der Waals surface area contributed by atoms with E-state index >= 15 is 0 Å². The van der Waals surface area contributed by atoms with E-state index in [-0.39, 0.29) is 0 Å². The van der Waals surface area contributed by atoms with Crippen LogP contribution in [0, 0.1) is 0 Å². The molecule has 1 aliphatic rings. The second-order valence-electron chi connectivity index (χ2n) is 3.23. The van der Waals surface area contributed by atoms with Gasteiger partial charge in [-0.25, -0.2) is 4.79 Å². The Hall–Kier alpha value is -1.32. The average Bonchev–Trinajstić information content (AvgIpc) is 2.86. The van der Waals surface area contributed by atoms with E-state index in [2.05, 4.69) is 6.58 Å². The Morgan fingerprint density at radius 3 is 2.54 bits per heavy atom. The molecule has 0 unspecified atom stereocenters. The Bertz CT molecular complexity index is 233. The van der Waals surface area contributed by atoms with Crippen LogP contribution >= 0.6 is 0 Å². The summed E-state index contributed by atoms with van der Waals surface area (Å²) in [7, 11) is 0. The van der Waals surface area contributed by atoms with Gasteiger partial charge in [0.1, 0.15) is 11.8 Å². The lowest BCUT2D eigenvalue weighted by Gasteiger charge is -2.24. The molecule has 72 valence electrons. The summed E-state index contributed by atoms with van der Waals surface area (Å²) in [6.07, 6.45) is 3.26. The summed E-state index contributed by atoms with van der Waals surface area (Å²) >= 11 is 0. The number of carbonyl (C=O) groups is 2.